The Morgan fingerprint density at radius 3 is 2.82 bits per heavy atom. The highest BCUT2D eigenvalue weighted by molar-refractivity contribution is 5.84. The van der Waals surface area contributed by atoms with Gasteiger partial charge in [0, 0.05) is 12.0 Å². The van der Waals surface area contributed by atoms with E-state index in [1.165, 1.54) is 0 Å². The lowest BCUT2D eigenvalue weighted by atomic mass is 9.83. The number of rotatable bonds is 2. The topological polar surface area (TPSA) is 61.5 Å². The third-order valence-electron chi connectivity index (χ3n) is 3.02. The van der Waals surface area contributed by atoms with E-state index in [1.807, 2.05) is 32.0 Å². The van der Waals surface area contributed by atoms with Gasteiger partial charge in [-0.1, -0.05) is 6.07 Å². The van der Waals surface area contributed by atoms with E-state index in [4.69, 9.17) is 15.2 Å². The molecule has 1 amide bonds. The van der Waals surface area contributed by atoms with Crippen LogP contribution in [0.1, 0.15) is 31.7 Å². The highest BCUT2D eigenvalue weighted by Crippen LogP contribution is 2.45. The normalized spacial score (nSPS) is 21.2. The van der Waals surface area contributed by atoms with Crippen molar-refractivity contribution >= 4 is 5.91 Å². The maximum Gasteiger partial charge on any atom is 0.225 e. The predicted octanol–water partition coefficient (Wildman–Crippen LogP) is 1.83. The highest BCUT2D eigenvalue weighted by Gasteiger charge is 2.38. The molecule has 1 aromatic carbocycles. The molecule has 92 valence electrons. The molecule has 1 atom stereocenters. The summed E-state index contributed by atoms with van der Waals surface area (Å²) in [7, 11) is 1.58. The molecule has 1 heterocycles. The molecule has 1 aliphatic heterocycles. The van der Waals surface area contributed by atoms with Crippen LogP contribution in [0.25, 0.3) is 0 Å². The van der Waals surface area contributed by atoms with Crippen molar-refractivity contribution in [2.45, 2.75) is 31.8 Å². The van der Waals surface area contributed by atoms with Crippen LogP contribution in [0.4, 0.5) is 0 Å². The minimum Gasteiger partial charge on any atom is -0.496 e. The van der Waals surface area contributed by atoms with Gasteiger partial charge in [-0.15, -0.1) is 0 Å². The number of primary amides is 1. The smallest absolute Gasteiger partial charge is 0.225 e. The summed E-state index contributed by atoms with van der Waals surface area (Å²) < 4.78 is 11.1. The molecule has 1 aromatic rings. The van der Waals surface area contributed by atoms with E-state index >= 15 is 0 Å². The molecule has 4 heteroatoms. The first-order valence-electron chi connectivity index (χ1n) is 5.60. The largest absolute Gasteiger partial charge is 0.496 e. The fraction of sp³-hybridized carbons (Fsp3) is 0.462. The minimum atomic E-state index is -0.390. The number of benzene rings is 1. The van der Waals surface area contributed by atoms with Gasteiger partial charge in [-0.3, -0.25) is 4.79 Å². The molecule has 4 nitrogen and oxygen atoms in total. The molecule has 0 radical (unpaired) electrons. The summed E-state index contributed by atoms with van der Waals surface area (Å²) in [5.41, 5.74) is 5.85. The maximum atomic E-state index is 11.6. The number of nitrogens with two attached hydrogens (primary N) is 1. The second-order valence-electron chi connectivity index (χ2n) is 4.89. The molecular formula is C13H17NO3. The van der Waals surface area contributed by atoms with Crippen molar-refractivity contribution in [2.24, 2.45) is 5.73 Å². The molecule has 2 N–H and O–H groups in total. The van der Waals surface area contributed by atoms with Crippen molar-refractivity contribution < 1.29 is 14.3 Å². The average Bonchev–Trinajstić information content (AvgIpc) is 2.25. The van der Waals surface area contributed by atoms with E-state index < -0.39 is 0 Å². The molecule has 0 aromatic heterocycles. The summed E-state index contributed by atoms with van der Waals surface area (Å²) in [6.45, 7) is 3.90. The Balaban J connectivity index is 2.57. The zero-order chi connectivity index (χ0) is 12.6. The standard InChI is InChI=1S/C13H17NO3/c1-13(2)7-8(12(14)15)11-9(16-3)5-4-6-10(11)17-13/h4-6,8H,7H2,1-3H3,(H2,14,15). The first-order chi connectivity index (χ1) is 7.94. The summed E-state index contributed by atoms with van der Waals surface area (Å²) in [5.74, 6) is 0.642. The van der Waals surface area contributed by atoms with Gasteiger partial charge in [0.25, 0.3) is 0 Å². The Kier molecular flexibility index (Phi) is 2.73. The molecule has 0 saturated carbocycles. The predicted molar refractivity (Wildman–Crippen MR) is 64.3 cm³/mol. The Hall–Kier alpha value is -1.71. The van der Waals surface area contributed by atoms with Crippen LogP contribution >= 0.6 is 0 Å². The number of ether oxygens (including phenoxy) is 2. The number of hydrogen-bond donors (Lipinski definition) is 1. The second-order valence-corrected chi connectivity index (χ2v) is 4.89. The summed E-state index contributed by atoms with van der Waals surface area (Å²) in [4.78, 5) is 11.6. The Morgan fingerprint density at radius 1 is 1.53 bits per heavy atom. The van der Waals surface area contributed by atoms with Crippen molar-refractivity contribution in [3.05, 3.63) is 23.8 Å². The van der Waals surface area contributed by atoms with E-state index in [-0.39, 0.29) is 17.4 Å². The molecule has 2 rings (SSSR count). The van der Waals surface area contributed by atoms with Crippen LogP contribution in [0, 0.1) is 0 Å². The third-order valence-corrected chi connectivity index (χ3v) is 3.02. The molecule has 0 fully saturated rings. The van der Waals surface area contributed by atoms with E-state index in [0.717, 1.165) is 5.56 Å². The molecule has 0 saturated heterocycles. The Bertz CT molecular complexity index is 454. The molecule has 1 aliphatic rings. The quantitative estimate of drug-likeness (QED) is 0.850. The fourth-order valence-corrected chi connectivity index (χ4v) is 2.31. The van der Waals surface area contributed by atoms with Gasteiger partial charge in [-0.05, 0) is 26.0 Å². The van der Waals surface area contributed by atoms with Gasteiger partial charge in [0.05, 0.1) is 13.0 Å². The zero-order valence-corrected chi connectivity index (χ0v) is 10.3. The van der Waals surface area contributed by atoms with Crippen LogP contribution in [-0.2, 0) is 4.79 Å². The van der Waals surface area contributed by atoms with Crippen LogP contribution in [0.3, 0.4) is 0 Å². The van der Waals surface area contributed by atoms with E-state index in [1.54, 1.807) is 7.11 Å². The van der Waals surface area contributed by atoms with Crippen molar-refractivity contribution in [3.8, 4) is 11.5 Å². The van der Waals surface area contributed by atoms with Gasteiger partial charge < -0.3 is 15.2 Å². The monoisotopic (exact) mass is 235 g/mol. The fourth-order valence-electron chi connectivity index (χ4n) is 2.31. The van der Waals surface area contributed by atoms with Gasteiger partial charge in [0.1, 0.15) is 17.1 Å². The van der Waals surface area contributed by atoms with Gasteiger partial charge >= 0.3 is 0 Å². The van der Waals surface area contributed by atoms with Crippen LogP contribution in [0.15, 0.2) is 18.2 Å². The van der Waals surface area contributed by atoms with Crippen LogP contribution < -0.4 is 15.2 Å². The lowest BCUT2D eigenvalue weighted by Gasteiger charge is -2.36. The molecule has 17 heavy (non-hydrogen) atoms. The second kappa shape index (κ2) is 3.95. The first-order valence-corrected chi connectivity index (χ1v) is 5.60. The molecule has 0 bridgehead atoms. The molecule has 1 unspecified atom stereocenters. The number of hydrogen-bond acceptors (Lipinski definition) is 3. The molecule has 0 aliphatic carbocycles. The van der Waals surface area contributed by atoms with Gasteiger partial charge in [-0.2, -0.15) is 0 Å². The van der Waals surface area contributed by atoms with Crippen LogP contribution in [0.5, 0.6) is 11.5 Å². The van der Waals surface area contributed by atoms with Gasteiger partial charge in [-0.25, -0.2) is 0 Å². The number of carbonyl (C=O) groups excluding carboxylic acids is 1. The van der Waals surface area contributed by atoms with Crippen LogP contribution in [-0.4, -0.2) is 18.6 Å². The SMILES string of the molecule is COc1cccc2c1C(C(N)=O)CC(C)(C)O2. The number of carbonyl (C=O) groups is 1. The van der Waals surface area contributed by atoms with Crippen molar-refractivity contribution in [2.75, 3.05) is 7.11 Å². The number of methoxy groups -OCH3 is 1. The van der Waals surface area contributed by atoms with Gasteiger partial charge in [0.15, 0.2) is 0 Å². The molecular weight excluding hydrogens is 218 g/mol. The average molecular weight is 235 g/mol. The van der Waals surface area contributed by atoms with Crippen LogP contribution in [0.2, 0.25) is 0 Å². The first kappa shape index (κ1) is 11.8. The Labute approximate surface area is 101 Å². The van der Waals surface area contributed by atoms with Crippen molar-refractivity contribution in [1.82, 2.24) is 0 Å². The van der Waals surface area contributed by atoms with E-state index in [2.05, 4.69) is 0 Å². The number of amides is 1. The summed E-state index contributed by atoms with van der Waals surface area (Å²) >= 11 is 0. The van der Waals surface area contributed by atoms with Crippen molar-refractivity contribution in [1.29, 1.82) is 0 Å². The summed E-state index contributed by atoms with van der Waals surface area (Å²) in [6.07, 6.45) is 0.565. The van der Waals surface area contributed by atoms with E-state index in [9.17, 15) is 4.79 Å². The third kappa shape index (κ3) is 2.07. The minimum absolute atomic E-state index is 0.341. The van der Waals surface area contributed by atoms with E-state index in [0.29, 0.717) is 17.9 Å². The number of fused-ring (bicyclic) bond motifs is 1. The van der Waals surface area contributed by atoms with Crippen molar-refractivity contribution in [3.63, 3.8) is 0 Å². The maximum absolute atomic E-state index is 11.6. The summed E-state index contributed by atoms with van der Waals surface area (Å²) in [6, 6.07) is 5.50. The Morgan fingerprint density at radius 2 is 2.24 bits per heavy atom. The lowest BCUT2D eigenvalue weighted by Crippen LogP contribution is -2.39. The van der Waals surface area contributed by atoms with Gasteiger partial charge in [0.2, 0.25) is 5.91 Å². The highest BCUT2D eigenvalue weighted by atomic mass is 16.5. The zero-order valence-electron chi connectivity index (χ0n) is 10.3. The summed E-state index contributed by atoms with van der Waals surface area (Å²) in [5, 5.41) is 0. The molecule has 0 spiro atoms. The lowest BCUT2D eigenvalue weighted by molar-refractivity contribution is -0.121.